The van der Waals surface area contributed by atoms with Gasteiger partial charge in [0.2, 0.25) is 0 Å². The molecule has 0 aliphatic carbocycles. The van der Waals surface area contributed by atoms with Crippen LogP contribution in [0.25, 0.3) is 0 Å². The Bertz CT molecular complexity index is 658. The highest BCUT2D eigenvalue weighted by Gasteiger charge is 2.07. The van der Waals surface area contributed by atoms with Gasteiger partial charge in [-0.25, -0.2) is 0 Å². The molecule has 20 heavy (non-hydrogen) atoms. The van der Waals surface area contributed by atoms with E-state index in [1.54, 1.807) is 10.6 Å². The molecule has 1 aromatic heterocycles. The van der Waals surface area contributed by atoms with E-state index >= 15 is 0 Å². The average Bonchev–Trinajstić information content (AvgIpc) is 2.43. The molecule has 0 amide bonds. The van der Waals surface area contributed by atoms with Crippen molar-refractivity contribution in [1.82, 2.24) is 4.57 Å². The molecule has 106 valence electrons. The second-order valence-corrected chi connectivity index (χ2v) is 5.25. The van der Waals surface area contributed by atoms with Crippen molar-refractivity contribution in [3.63, 3.8) is 0 Å². The van der Waals surface area contributed by atoms with Gasteiger partial charge in [0.25, 0.3) is 5.56 Å². The molecule has 1 unspecified atom stereocenters. The molecule has 3 heteroatoms. The van der Waals surface area contributed by atoms with E-state index in [1.807, 2.05) is 19.2 Å². The van der Waals surface area contributed by atoms with Gasteiger partial charge in [-0.15, -0.1) is 0 Å². The second kappa shape index (κ2) is 5.95. The van der Waals surface area contributed by atoms with Gasteiger partial charge in [0.05, 0.1) is 5.69 Å². The molecule has 1 aromatic carbocycles. The minimum atomic E-state index is 0.0388. The third-order valence-electron chi connectivity index (χ3n) is 3.74. The molecule has 1 N–H and O–H groups in total. The predicted molar refractivity (Wildman–Crippen MR) is 84.3 cm³/mol. The smallest absolute Gasteiger partial charge is 0.250 e. The first-order valence-electron chi connectivity index (χ1n) is 7.05. The van der Waals surface area contributed by atoms with Crippen LogP contribution >= 0.6 is 0 Å². The van der Waals surface area contributed by atoms with Crippen LogP contribution in [-0.2, 0) is 6.54 Å². The lowest BCUT2D eigenvalue weighted by atomic mass is 10.0. The van der Waals surface area contributed by atoms with Crippen molar-refractivity contribution in [3.8, 4) is 0 Å². The summed E-state index contributed by atoms with van der Waals surface area (Å²) in [6, 6.07) is 10.2. The van der Waals surface area contributed by atoms with E-state index in [1.165, 1.54) is 16.7 Å². The Morgan fingerprint density at radius 1 is 1.15 bits per heavy atom. The fourth-order valence-electron chi connectivity index (χ4n) is 2.23. The first-order valence-corrected chi connectivity index (χ1v) is 7.05. The van der Waals surface area contributed by atoms with Crippen molar-refractivity contribution in [3.05, 3.63) is 63.6 Å². The summed E-state index contributed by atoms with van der Waals surface area (Å²) in [5.41, 5.74) is 4.87. The molecule has 3 nitrogen and oxygen atoms in total. The minimum absolute atomic E-state index is 0.0388. The monoisotopic (exact) mass is 270 g/mol. The molecular weight excluding hydrogens is 248 g/mol. The Morgan fingerprint density at radius 2 is 1.90 bits per heavy atom. The van der Waals surface area contributed by atoms with Gasteiger partial charge >= 0.3 is 0 Å². The highest BCUT2D eigenvalue weighted by Crippen LogP contribution is 2.20. The summed E-state index contributed by atoms with van der Waals surface area (Å²) in [5.74, 6) is 0. The van der Waals surface area contributed by atoms with E-state index in [0.29, 0.717) is 6.54 Å². The van der Waals surface area contributed by atoms with E-state index in [9.17, 15) is 4.79 Å². The van der Waals surface area contributed by atoms with E-state index < -0.39 is 0 Å². The Hall–Kier alpha value is -2.03. The fraction of sp³-hybridized carbons (Fsp3) is 0.353. The number of nitrogens with zero attached hydrogens (tertiary/aromatic N) is 1. The maximum Gasteiger partial charge on any atom is 0.250 e. The number of anilines is 1. The predicted octanol–water partition coefficient (Wildman–Crippen LogP) is 3.66. The summed E-state index contributed by atoms with van der Waals surface area (Å²) in [6.45, 7) is 9.03. The number of rotatable bonds is 4. The lowest BCUT2D eigenvalue weighted by Crippen LogP contribution is -2.18. The first-order chi connectivity index (χ1) is 9.51. The Balaban J connectivity index is 2.20. The fourth-order valence-corrected chi connectivity index (χ4v) is 2.23. The SMILES string of the molecule is CCn1cc(NC(C)c2ccc(C)c(C)c2)ccc1=O. The van der Waals surface area contributed by atoms with Gasteiger partial charge in [0.1, 0.15) is 0 Å². The molecule has 2 aromatic rings. The van der Waals surface area contributed by atoms with Crippen LogP contribution in [0.3, 0.4) is 0 Å². The maximum absolute atomic E-state index is 11.6. The molecule has 0 spiro atoms. The standard InChI is InChI=1S/C17H22N2O/c1-5-19-11-16(8-9-17(19)20)18-14(4)15-7-6-12(2)13(3)10-15/h6-11,14,18H,5H2,1-4H3. The molecule has 0 saturated carbocycles. The molecule has 0 saturated heterocycles. The third kappa shape index (κ3) is 3.10. The van der Waals surface area contributed by atoms with E-state index in [-0.39, 0.29) is 11.6 Å². The molecular formula is C17H22N2O. The molecule has 0 fully saturated rings. The molecule has 1 heterocycles. The summed E-state index contributed by atoms with van der Waals surface area (Å²) in [6.07, 6.45) is 1.87. The molecule has 2 rings (SSSR count). The molecule has 0 radical (unpaired) electrons. The highest BCUT2D eigenvalue weighted by atomic mass is 16.1. The molecule has 0 aliphatic rings. The number of pyridine rings is 1. The lowest BCUT2D eigenvalue weighted by Gasteiger charge is -2.17. The lowest BCUT2D eigenvalue weighted by molar-refractivity contribution is 0.725. The van der Waals surface area contributed by atoms with Gasteiger partial charge < -0.3 is 9.88 Å². The van der Waals surface area contributed by atoms with Crippen LogP contribution in [0.2, 0.25) is 0 Å². The Kier molecular flexibility index (Phi) is 4.28. The topological polar surface area (TPSA) is 34.0 Å². The quantitative estimate of drug-likeness (QED) is 0.920. The number of aryl methyl sites for hydroxylation is 3. The van der Waals surface area contributed by atoms with E-state index in [4.69, 9.17) is 0 Å². The van der Waals surface area contributed by atoms with Crippen LogP contribution in [0.15, 0.2) is 41.3 Å². The molecule has 1 atom stereocenters. The second-order valence-electron chi connectivity index (χ2n) is 5.25. The Labute approximate surface area is 120 Å². The molecule has 0 bridgehead atoms. The van der Waals surface area contributed by atoms with Gasteiger partial charge in [-0.3, -0.25) is 4.79 Å². The Morgan fingerprint density at radius 3 is 2.55 bits per heavy atom. The van der Waals surface area contributed by atoms with Crippen molar-refractivity contribution < 1.29 is 0 Å². The number of hydrogen-bond donors (Lipinski definition) is 1. The van der Waals surface area contributed by atoms with Crippen molar-refractivity contribution >= 4 is 5.69 Å². The first kappa shape index (κ1) is 14.4. The minimum Gasteiger partial charge on any atom is -0.377 e. The van der Waals surface area contributed by atoms with Crippen molar-refractivity contribution in [1.29, 1.82) is 0 Å². The number of aromatic nitrogens is 1. The van der Waals surface area contributed by atoms with Crippen LogP contribution < -0.4 is 10.9 Å². The summed E-state index contributed by atoms with van der Waals surface area (Å²) in [5, 5.41) is 3.45. The van der Waals surface area contributed by atoms with Gasteiger partial charge in [0.15, 0.2) is 0 Å². The third-order valence-corrected chi connectivity index (χ3v) is 3.74. The van der Waals surface area contributed by atoms with Crippen molar-refractivity contribution in [2.75, 3.05) is 5.32 Å². The van der Waals surface area contributed by atoms with Crippen LogP contribution in [0.1, 0.15) is 36.6 Å². The van der Waals surface area contributed by atoms with E-state index in [0.717, 1.165) is 5.69 Å². The normalized spacial score (nSPS) is 12.2. The van der Waals surface area contributed by atoms with Crippen LogP contribution in [0.5, 0.6) is 0 Å². The van der Waals surface area contributed by atoms with Crippen molar-refractivity contribution in [2.24, 2.45) is 0 Å². The van der Waals surface area contributed by atoms with Gasteiger partial charge in [0, 0.05) is 24.8 Å². The van der Waals surface area contributed by atoms with Gasteiger partial charge in [-0.1, -0.05) is 18.2 Å². The largest absolute Gasteiger partial charge is 0.377 e. The highest BCUT2D eigenvalue weighted by molar-refractivity contribution is 5.44. The summed E-state index contributed by atoms with van der Waals surface area (Å²) in [7, 11) is 0. The number of nitrogens with one attached hydrogen (secondary N) is 1. The summed E-state index contributed by atoms with van der Waals surface area (Å²) < 4.78 is 1.70. The zero-order chi connectivity index (χ0) is 14.7. The summed E-state index contributed by atoms with van der Waals surface area (Å²) >= 11 is 0. The van der Waals surface area contributed by atoms with Crippen LogP contribution in [0.4, 0.5) is 5.69 Å². The van der Waals surface area contributed by atoms with Crippen LogP contribution in [0, 0.1) is 13.8 Å². The zero-order valence-corrected chi connectivity index (χ0v) is 12.6. The van der Waals surface area contributed by atoms with Gasteiger partial charge in [-0.05, 0) is 50.5 Å². The van der Waals surface area contributed by atoms with Gasteiger partial charge in [-0.2, -0.15) is 0 Å². The average molecular weight is 270 g/mol. The van der Waals surface area contributed by atoms with E-state index in [2.05, 4.69) is 44.3 Å². The molecule has 0 aliphatic heterocycles. The number of hydrogen-bond acceptors (Lipinski definition) is 2. The van der Waals surface area contributed by atoms with Crippen molar-refractivity contribution in [2.45, 2.75) is 40.3 Å². The van der Waals surface area contributed by atoms with Crippen LogP contribution in [-0.4, -0.2) is 4.57 Å². The zero-order valence-electron chi connectivity index (χ0n) is 12.6. The maximum atomic E-state index is 11.6. The number of benzene rings is 1. The summed E-state index contributed by atoms with van der Waals surface area (Å²) in [4.78, 5) is 11.6.